The molecular weight excluding hydrogens is 348 g/mol. The van der Waals surface area contributed by atoms with Crippen LogP contribution in [0.5, 0.6) is 0 Å². The minimum Gasteiger partial charge on any atom is -0.352 e. The Balaban J connectivity index is 1.56. The van der Waals surface area contributed by atoms with Crippen molar-refractivity contribution >= 4 is 5.96 Å². The highest BCUT2D eigenvalue weighted by Gasteiger charge is 2.27. The van der Waals surface area contributed by atoms with Gasteiger partial charge in [0.2, 0.25) is 0 Å². The highest BCUT2D eigenvalue weighted by Crippen LogP contribution is 2.25. The number of nitrogens with zero attached hydrogens (tertiary/aromatic N) is 4. The number of nitrogens with one attached hydrogen (secondary N) is 2. The van der Waals surface area contributed by atoms with Crippen LogP contribution in [0.15, 0.2) is 4.99 Å². The van der Waals surface area contributed by atoms with Gasteiger partial charge in [0.25, 0.3) is 0 Å². The van der Waals surface area contributed by atoms with Crippen molar-refractivity contribution in [3.63, 3.8) is 0 Å². The quantitative estimate of drug-likeness (QED) is 0.581. The van der Waals surface area contributed by atoms with Crippen molar-refractivity contribution in [3.8, 4) is 0 Å². The zero-order valence-electron chi connectivity index (χ0n) is 18.4. The lowest BCUT2D eigenvalue weighted by atomic mass is 9.92. The first-order valence-corrected chi connectivity index (χ1v) is 11.4. The summed E-state index contributed by atoms with van der Waals surface area (Å²) in [7, 11) is 3.93. The highest BCUT2D eigenvalue weighted by molar-refractivity contribution is 5.80. The Morgan fingerprint density at radius 2 is 1.89 bits per heavy atom. The highest BCUT2D eigenvalue weighted by atomic mass is 15.3. The van der Waals surface area contributed by atoms with Crippen LogP contribution in [0.1, 0.15) is 75.7 Å². The fraction of sp³-hybridized carbons (Fsp3) is 0.818. The largest absolute Gasteiger partial charge is 0.352 e. The second kappa shape index (κ2) is 10.3. The summed E-state index contributed by atoms with van der Waals surface area (Å²) in [6.45, 7) is 7.59. The van der Waals surface area contributed by atoms with Crippen molar-refractivity contribution in [1.29, 1.82) is 0 Å². The molecule has 158 valence electrons. The summed E-state index contributed by atoms with van der Waals surface area (Å²) in [4.78, 5) is 7.24. The summed E-state index contributed by atoms with van der Waals surface area (Å²) in [5.41, 5.74) is 3.85. The van der Waals surface area contributed by atoms with E-state index in [9.17, 15) is 0 Å². The van der Waals surface area contributed by atoms with Gasteiger partial charge >= 0.3 is 0 Å². The average Bonchev–Trinajstić information content (AvgIpc) is 3.06. The third kappa shape index (κ3) is 5.07. The lowest BCUT2D eigenvalue weighted by molar-refractivity contribution is 0.115. The number of aliphatic imine (C=N–C) groups is 1. The molecule has 1 saturated heterocycles. The fourth-order valence-corrected chi connectivity index (χ4v) is 5.06. The van der Waals surface area contributed by atoms with E-state index < -0.39 is 0 Å². The Labute approximate surface area is 171 Å². The third-order valence-corrected chi connectivity index (χ3v) is 6.57. The first-order valence-electron chi connectivity index (χ1n) is 11.4. The molecule has 1 aromatic rings. The number of guanidine groups is 1. The van der Waals surface area contributed by atoms with E-state index in [-0.39, 0.29) is 0 Å². The molecule has 0 radical (unpaired) electrons. The van der Waals surface area contributed by atoms with Crippen LogP contribution in [0.2, 0.25) is 0 Å². The number of rotatable bonds is 6. The summed E-state index contributed by atoms with van der Waals surface area (Å²) >= 11 is 0. The maximum atomic E-state index is 4.69. The summed E-state index contributed by atoms with van der Waals surface area (Å²) < 4.78 is 2.04. The SMILES string of the molecule is CCc1nn(C)c(CC)c1CNC(=NC)NC1CCCN(C2CCCCC2)C1. The van der Waals surface area contributed by atoms with Crippen molar-refractivity contribution < 1.29 is 0 Å². The molecule has 3 rings (SSSR count). The monoisotopic (exact) mass is 388 g/mol. The van der Waals surface area contributed by atoms with Crippen molar-refractivity contribution in [2.24, 2.45) is 12.0 Å². The predicted molar refractivity (Wildman–Crippen MR) is 117 cm³/mol. The minimum absolute atomic E-state index is 0.493. The van der Waals surface area contributed by atoms with Crippen LogP contribution < -0.4 is 10.6 Å². The molecule has 2 aliphatic rings. The van der Waals surface area contributed by atoms with Crippen molar-refractivity contribution in [2.75, 3.05) is 20.1 Å². The summed E-state index contributed by atoms with van der Waals surface area (Å²) in [6.07, 6.45) is 11.5. The standard InChI is InChI=1S/C22H40N6/c1-5-20-19(21(6-2)27(4)26-20)15-24-22(23-3)25-17-11-10-14-28(16-17)18-12-8-7-9-13-18/h17-18H,5-16H2,1-4H3,(H2,23,24,25). The third-order valence-electron chi connectivity index (χ3n) is 6.57. The second-order valence-corrected chi connectivity index (χ2v) is 8.40. The van der Waals surface area contributed by atoms with E-state index in [2.05, 4.69) is 41.4 Å². The first-order chi connectivity index (χ1) is 13.7. The van der Waals surface area contributed by atoms with Crippen LogP contribution in [-0.4, -0.2) is 52.9 Å². The molecular formula is C22H40N6. The summed E-state index contributed by atoms with van der Waals surface area (Å²) in [5, 5.41) is 11.9. The number of hydrogen-bond donors (Lipinski definition) is 2. The first kappa shape index (κ1) is 21.2. The molecule has 0 spiro atoms. The van der Waals surface area contributed by atoms with E-state index in [0.29, 0.717) is 6.04 Å². The maximum Gasteiger partial charge on any atom is 0.191 e. The molecule has 1 unspecified atom stereocenters. The van der Waals surface area contributed by atoms with E-state index in [1.54, 1.807) is 0 Å². The van der Waals surface area contributed by atoms with Gasteiger partial charge in [-0.25, -0.2) is 0 Å². The van der Waals surface area contributed by atoms with E-state index in [0.717, 1.165) is 37.9 Å². The molecule has 1 saturated carbocycles. The van der Waals surface area contributed by atoms with Crippen LogP contribution in [0.25, 0.3) is 0 Å². The normalized spacial score (nSPS) is 22.4. The van der Waals surface area contributed by atoms with Crippen molar-refractivity contribution in [3.05, 3.63) is 17.0 Å². The molecule has 1 atom stereocenters. The molecule has 1 aromatic heterocycles. The summed E-state index contributed by atoms with van der Waals surface area (Å²) in [6, 6.07) is 1.30. The zero-order valence-corrected chi connectivity index (χ0v) is 18.4. The van der Waals surface area contributed by atoms with Gasteiger partial charge in [0.05, 0.1) is 5.69 Å². The van der Waals surface area contributed by atoms with Crippen LogP contribution in [0.4, 0.5) is 0 Å². The average molecular weight is 389 g/mol. The van der Waals surface area contributed by atoms with Gasteiger partial charge in [0, 0.05) is 50.5 Å². The Morgan fingerprint density at radius 3 is 2.57 bits per heavy atom. The molecule has 0 aromatic carbocycles. The lowest BCUT2D eigenvalue weighted by Crippen LogP contribution is -2.53. The van der Waals surface area contributed by atoms with Gasteiger partial charge in [-0.3, -0.25) is 14.6 Å². The van der Waals surface area contributed by atoms with Crippen LogP contribution in [0, 0.1) is 0 Å². The smallest absolute Gasteiger partial charge is 0.191 e. The number of aromatic nitrogens is 2. The molecule has 1 aliphatic heterocycles. The van der Waals surface area contributed by atoms with E-state index in [1.165, 1.54) is 68.4 Å². The molecule has 0 bridgehead atoms. The number of likely N-dealkylation sites (tertiary alicyclic amines) is 1. The molecule has 6 nitrogen and oxygen atoms in total. The molecule has 28 heavy (non-hydrogen) atoms. The van der Waals surface area contributed by atoms with Gasteiger partial charge in [-0.05, 0) is 45.1 Å². The van der Waals surface area contributed by atoms with E-state index in [4.69, 9.17) is 5.10 Å². The van der Waals surface area contributed by atoms with Gasteiger partial charge in [-0.2, -0.15) is 5.10 Å². The number of piperidine rings is 1. The van der Waals surface area contributed by atoms with E-state index >= 15 is 0 Å². The van der Waals surface area contributed by atoms with Crippen LogP contribution >= 0.6 is 0 Å². The Morgan fingerprint density at radius 1 is 1.11 bits per heavy atom. The van der Waals surface area contributed by atoms with Gasteiger partial charge in [-0.1, -0.05) is 33.1 Å². The van der Waals surface area contributed by atoms with Crippen molar-refractivity contribution in [2.45, 2.75) is 90.3 Å². The fourth-order valence-electron chi connectivity index (χ4n) is 5.06. The van der Waals surface area contributed by atoms with Crippen molar-refractivity contribution in [1.82, 2.24) is 25.3 Å². The molecule has 2 heterocycles. The van der Waals surface area contributed by atoms with Crippen LogP contribution in [-0.2, 0) is 26.4 Å². The Bertz CT molecular complexity index is 644. The molecule has 2 N–H and O–H groups in total. The van der Waals surface area contributed by atoms with Gasteiger partial charge < -0.3 is 10.6 Å². The molecule has 1 aliphatic carbocycles. The maximum absolute atomic E-state index is 4.69. The zero-order chi connectivity index (χ0) is 19.9. The predicted octanol–water partition coefficient (Wildman–Crippen LogP) is 3.01. The molecule has 2 fully saturated rings. The molecule has 6 heteroatoms. The minimum atomic E-state index is 0.493. The number of aryl methyl sites for hydroxylation is 2. The Kier molecular flexibility index (Phi) is 7.77. The molecule has 0 amide bonds. The van der Waals surface area contributed by atoms with Crippen LogP contribution in [0.3, 0.4) is 0 Å². The lowest BCUT2D eigenvalue weighted by Gasteiger charge is -2.40. The topological polar surface area (TPSA) is 57.5 Å². The second-order valence-electron chi connectivity index (χ2n) is 8.40. The van der Waals surface area contributed by atoms with Gasteiger partial charge in [0.1, 0.15) is 0 Å². The Hall–Kier alpha value is -1.56. The van der Waals surface area contributed by atoms with Gasteiger partial charge in [-0.15, -0.1) is 0 Å². The summed E-state index contributed by atoms with van der Waals surface area (Å²) in [5.74, 6) is 0.920. The number of hydrogen-bond acceptors (Lipinski definition) is 3. The van der Waals surface area contributed by atoms with E-state index in [1.807, 2.05) is 11.7 Å². The van der Waals surface area contributed by atoms with Gasteiger partial charge in [0.15, 0.2) is 5.96 Å².